The molecule has 0 bridgehead atoms. The zero-order valence-electron chi connectivity index (χ0n) is 13.6. The molecular formula is C15H19N7S. The predicted octanol–water partition coefficient (Wildman–Crippen LogP) is 2.65. The Morgan fingerprint density at radius 2 is 1.87 bits per heavy atom. The fourth-order valence-electron chi connectivity index (χ4n) is 2.37. The number of aromatic nitrogens is 7. The van der Waals surface area contributed by atoms with Crippen molar-refractivity contribution >= 4 is 11.8 Å². The number of hydrogen-bond donors (Lipinski definition) is 0. The third kappa shape index (κ3) is 3.12. The van der Waals surface area contributed by atoms with Crippen molar-refractivity contribution in [1.82, 2.24) is 35.0 Å². The van der Waals surface area contributed by atoms with Crippen LogP contribution in [0.1, 0.15) is 30.5 Å². The van der Waals surface area contributed by atoms with Gasteiger partial charge < -0.3 is 4.57 Å². The molecule has 1 atom stereocenters. The van der Waals surface area contributed by atoms with Crippen LogP contribution in [0.5, 0.6) is 0 Å². The molecule has 0 N–H and O–H groups in total. The Balaban J connectivity index is 1.89. The topological polar surface area (TPSA) is 74.3 Å². The first-order chi connectivity index (χ1) is 11.1. The van der Waals surface area contributed by atoms with Crippen molar-refractivity contribution in [2.24, 2.45) is 7.05 Å². The third-order valence-corrected chi connectivity index (χ3v) is 4.72. The van der Waals surface area contributed by atoms with Gasteiger partial charge in [-0.05, 0) is 31.2 Å². The van der Waals surface area contributed by atoms with Gasteiger partial charge in [-0.3, -0.25) is 0 Å². The summed E-state index contributed by atoms with van der Waals surface area (Å²) < 4.78 is 3.81. The molecule has 0 spiro atoms. The zero-order chi connectivity index (χ0) is 16.4. The maximum atomic E-state index is 4.38. The van der Waals surface area contributed by atoms with Crippen molar-refractivity contribution in [1.29, 1.82) is 0 Å². The molecule has 0 saturated heterocycles. The summed E-state index contributed by atoms with van der Waals surface area (Å²) in [5.41, 5.74) is 2.30. The van der Waals surface area contributed by atoms with Gasteiger partial charge in [0.15, 0.2) is 16.8 Å². The molecule has 0 fully saturated rings. The van der Waals surface area contributed by atoms with Gasteiger partial charge in [0.25, 0.3) is 0 Å². The van der Waals surface area contributed by atoms with Crippen molar-refractivity contribution < 1.29 is 0 Å². The van der Waals surface area contributed by atoms with E-state index < -0.39 is 0 Å². The standard InChI is InChI=1S/C15H19N7S/c1-5-22-14(12-8-6-10(2)7-9-12)16-18-15(22)23-11(3)13-17-19-20-21(13)4/h6-9,11H,5H2,1-4H3. The minimum absolute atomic E-state index is 0.0929. The third-order valence-electron chi connectivity index (χ3n) is 3.64. The minimum atomic E-state index is 0.0929. The fourth-order valence-corrected chi connectivity index (χ4v) is 3.42. The first kappa shape index (κ1) is 15.7. The van der Waals surface area contributed by atoms with Crippen LogP contribution in [0.4, 0.5) is 0 Å². The van der Waals surface area contributed by atoms with Crippen LogP contribution in [0.3, 0.4) is 0 Å². The van der Waals surface area contributed by atoms with E-state index in [4.69, 9.17) is 0 Å². The lowest BCUT2D eigenvalue weighted by molar-refractivity contribution is 0.670. The summed E-state index contributed by atoms with van der Waals surface area (Å²) in [6.07, 6.45) is 0. The van der Waals surface area contributed by atoms with Crippen LogP contribution < -0.4 is 0 Å². The molecule has 0 amide bonds. The monoisotopic (exact) mass is 329 g/mol. The molecule has 3 rings (SSSR count). The van der Waals surface area contributed by atoms with Gasteiger partial charge in [-0.2, -0.15) is 0 Å². The van der Waals surface area contributed by atoms with Crippen molar-refractivity contribution in [2.75, 3.05) is 0 Å². The van der Waals surface area contributed by atoms with E-state index in [2.05, 4.69) is 75.3 Å². The Morgan fingerprint density at radius 1 is 1.13 bits per heavy atom. The lowest BCUT2D eigenvalue weighted by Gasteiger charge is -2.11. The Hall–Kier alpha value is -2.22. The van der Waals surface area contributed by atoms with Crippen molar-refractivity contribution in [3.8, 4) is 11.4 Å². The first-order valence-electron chi connectivity index (χ1n) is 7.49. The number of rotatable bonds is 5. The molecule has 2 aromatic heterocycles. The normalized spacial score (nSPS) is 12.5. The fraction of sp³-hybridized carbons (Fsp3) is 0.400. The Kier molecular flexibility index (Phi) is 4.42. The second kappa shape index (κ2) is 6.49. The van der Waals surface area contributed by atoms with Gasteiger partial charge in [-0.1, -0.05) is 41.6 Å². The summed E-state index contributed by atoms with van der Waals surface area (Å²) in [6, 6.07) is 8.33. The van der Waals surface area contributed by atoms with Crippen LogP contribution in [-0.2, 0) is 13.6 Å². The van der Waals surface area contributed by atoms with Gasteiger partial charge in [0.1, 0.15) is 0 Å². The molecule has 0 aliphatic carbocycles. The predicted molar refractivity (Wildman–Crippen MR) is 88.9 cm³/mol. The highest BCUT2D eigenvalue weighted by Crippen LogP contribution is 2.34. The lowest BCUT2D eigenvalue weighted by Crippen LogP contribution is -2.04. The average Bonchev–Trinajstić information content (AvgIpc) is 3.14. The zero-order valence-corrected chi connectivity index (χ0v) is 14.4. The number of tetrazole rings is 1. The maximum absolute atomic E-state index is 4.38. The van der Waals surface area contributed by atoms with Crippen molar-refractivity contribution in [3.05, 3.63) is 35.7 Å². The van der Waals surface area contributed by atoms with Crippen molar-refractivity contribution in [3.63, 3.8) is 0 Å². The number of aryl methyl sites for hydroxylation is 2. The Bertz CT molecular complexity index is 791. The minimum Gasteiger partial charge on any atom is -0.302 e. The quantitative estimate of drug-likeness (QED) is 0.670. The van der Waals surface area contributed by atoms with Gasteiger partial charge in [0.2, 0.25) is 0 Å². The summed E-state index contributed by atoms with van der Waals surface area (Å²) >= 11 is 1.61. The van der Waals surface area contributed by atoms with Crippen LogP contribution in [0.25, 0.3) is 11.4 Å². The molecule has 120 valence electrons. The van der Waals surface area contributed by atoms with Crippen LogP contribution in [0.2, 0.25) is 0 Å². The SMILES string of the molecule is CCn1c(SC(C)c2nnnn2C)nnc1-c1ccc(C)cc1. The molecule has 0 saturated carbocycles. The number of benzene rings is 1. The van der Waals surface area contributed by atoms with Gasteiger partial charge in [-0.25, -0.2) is 4.68 Å². The lowest BCUT2D eigenvalue weighted by atomic mass is 10.1. The largest absolute Gasteiger partial charge is 0.302 e. The highest BCUT2D eigenvalue weighted by atomic mass is 32.2. The van der Waals surface area contributed by atoms with E-state index in [1.165, 1.54) is 5.56 Å². The van der Waals surface area contributed by atoms with Gasteiger partial charge >= 0.3 is 0 Å². The Morgan fingerprint density at radius 3 is 2.48 bits per heavy atom. The summed E-state index contributed by atoms with van der Waals surface area (Å²) in [4.78, 5) is 0. The van der Waals surface area contributed by atoms with Crippen LogP contribution in [-0.4, -0.2) is 35.0 Å². The van der Waals surface area contributed by atoms with Crippen molar-refractivity contribution in [2.45, 2.75) is 37.7 Å². The molecule has 7 nitrogen and oxygen atoms in total. The van der Waals surface area contributed by atoms with Crippen LogP contribution >= 0.6 is 11.8 Å². The highest BCUT2D eigenvalue weighted by molar-refractivity contribution is 7.99. The van der Waals surface area contributed by atoms with Gasteiger partial charge in [0, 0.05) is 19.2 Å². The van der Waals surface area contributed by atoms with E-state index in [0.29, 0.717) is 0 Å². The molecule has 23 heavy (non-hydrogen) atoms. The molecule has 8 heteroatoms. The van der Waals surface area contributed by atoms with E-state index in [1.807, 2.05) is 7.05 Å². The number of nitrogens with zero attached hydrogens (tertiary/aromatic N) is 7. The summed E-state index contributed by atoms with van der Waals surface area (Å²) in [5.74, 6) is 1.70. The number of hydrogen-bond acceptors (Lipinski definition) is 6. The van der Waals surface area contributed by atoms with E-state index >= 15 is 0 Å². The second-order valence-corrected chi connectivity index (χ2v) is 6.65. The van der Waals surface area contributed by atoms with E-state index in [0.717, 1.165) is 28.9 Å². The average molecular weight is 329 g/mol. The first-order valence-corrected chi connectivity index (χ1v) is 8.37. The summed E-state index contributed by atoms with van der Waals surface area (Å²) in [7, 11) is 1.84. The summed E-state index contributed by atoms with van der Waals surface area (Å²) in [5, 5.41) is 21.4. The molecular weight excluding hydrogens is 310 g/mol. The van der Waals surface area contributed by atoms with Crippen LogP contribution in [0, 0.1) is 6.92 Å². The van der Waals surface area contributed by atoms with Crippen LogP contribution in [0.15, 0.2) is 29.4 Å². The molecule has 1 unspecified atom stereocenters. The smallest absolute Gasteiger partial charge is 0.192 e. The number of thioether (sulfide) groups is 1. The van der Waals surface area contributed by atoms with Gasteiger partial charge in [-0.15, -0.1) is 15.3 Å². The molecule has 0 radical (unpaired) electrons. The molecule has 3 aromatic rings. The van der Waals surface area contributed by atoms with Gasteiger partial charge in [0.05, 0.1) is 5.25 Å². The molecule has 0 aliphatic heterocycles. The van der Waals surface area contributed by atoms with E-state index in [1.54, 1.807) is 16.4 Å². The molecule has 2 heterocycles. The van der Waals surface area contributed by atoms with E-state index in [9.17, 15) is 0 Å². The maximum Gasteiger partial charge on any atom is 0.192 e. The van der Waals surface area contributed by atoms with E-state index in [-0.39, 0.29) is 5.25 Å². The molecule has 1 aromatic carbocycles. The summed E-state index contributed by atoms with van der Waals surface area (Å²) in [6.45, 7) is 7.05. The highest BCUT2D eigenvalue weighted by Gasteiger charge is 2.19. The molecule has 0 aliphatic rings. The Labute approximate surface area is 139 Å². The second-order valence-electron chi connectivity index (χ2n) is 5.34.